The molecule has 0 saturated heterocycles. The summed E-state index contributed by atoms with van der Waals surface area (Å²) in [6.07, 6.45) is 0. The van der Waals surface area contributed by atoms with Gasteiger partial charge in [-0.2, -0.15) is 0 Å². The van der Waals surface area contributed by atoms with Crippen molar-refractivity contribution in [2.45, 2.75) is 0 Å². The minimum Gasteiger partial charge on any atom is -0.455 e. The smallest absolute Gasteiger partial charge is 0.144 e. The molecule has 43 heavy (non-hydrogen) atoms. The third kappa shape index (κ3) is 3.79. The van der Waals surface area contributed by atoms with Gasteiger partial charge in [0.25, 0.3) is 0 Å². The van der Waals surface area contributed by atoms with E-state index in [1.807, 2.05) is 0 Å². The molecule has 0 N–H and O–H groups in total. The van der Waals surface area contributed by atoms with E-state index in [-0.39, 0.29) is 0 Å². The van der Waals surface area contributed by atoms with Gasteiger partial charge in [-0.3, -0.25) is 0 Å². The van der Waals surface area contributed by atoms with E-state index < -0.39 is 0 Å². The molecule has 0 saturated carbocycles. The summed E-state index contributed by atoms with van der Waals surface area (Å²) in [5.74, 6) is 0. The molecule has 1 heterocycles. The second kappa shape index (κ2) is 9.44. The lowest BCUT2D eigenvalue weighted by Gasteiger charge is -2.15. The molecule has 8 aromatic carbocycles. The molecule has 0 aliphatic rings. The number of fused-ring (bicyclic) bond motifs is 6. The quantitative estimate of drug-likeness (QED) is 0.215. The normalized spacial score (nSPS) is 11.7. The molecule has 0 atom stereocenters. The van der Waals surface area contributed by atoms with Gasteiger partial charge in [-0.05, 0) is 72.8 Å². The van der Waals surface area contributed by atoms with Gasteiger partial charge in [0, 0.05) is 21.9 Å². The van der Waals surface area contributed by atoms with Gasteiger partial charge < -0.3 is 4.42 Å². The Morgan fingerprint density at radius 3 is 1.51 bits per heavy atom. The highest BCUT2D eigenvalue weighted by Gasteiger charge is 2.22. The highest BCUT2D eigenvalue weighted by atomic mass is 16.3. The first-order chi connectivity index (χ1) is 21.3. The van der Waals surface area contributed by atoms with Crippen molar-refractivity contribution in [2.24, 2.45) is 0 Å². The van der Waals surface area contributed by atoms with Crippen LogP contribution in [-0.4, -0.2) is 0 Å². The largest absolute Gasteiger partial charge is 0.455 e. The summed E-state index contributed by atoms with van der Waals surface area (Å²) >= 11 is 0. The van der Waals surface area contributed by atoms with Gasteiger partial charge in [-0.15, -0.1) is 0 Å². The molecule has 0 aliphatic carbocycles. The van der Waals surface area contributed by atoms with Crippen LogP contribution in [0.3, 0.4) is 0 Å². The first-order valence-electron chi connectivity index (χ1n) is 14.8. The first kappa shape index (κ1) is 24.0. The van der Waals surface area contributed by atoms with Crippen molar-refractivity contribution in [1.82, 2.24) is 0 Å². The van der Waals surface area contributed by atoms with Crippen molar-refractivity contribution >= 4 is 54.3 Å². The monoisotopic (exact) mass is 546 g/mol. The number of benzene rings is 8. The van der Waals surface area contributed by atoms with E-state index in [0.29, 0.717) is 0 Å². The van der Waals surface area contributed by atoms with Crippen molar-refractivity contribution in [3.63, 3.8) is 0 Å². The predicted octanol–water partition coefficient (Wildman–Crippen LogP) is 12.0. The van der Waals surface area contributed by atoms with Crippen LogP contribution in [0.25, 0.3) is 87.6 Å². The summed E-state index contributed by atoms with van der Waals surface area (Å²) in [6.45, 7) is 0. The predicted molar refractivity (Wildman–Crippen MR) is 183 cm³/mol. The second-order valence-electron chi connectivity index (χ2n) is 11.3. The Bertz CT molecular complexity index is 2500. The van der Waals surface area contributed by atoms with E-state index in [9.17, 15) is 0 Å². The van der Waals surface area contributed by atoms with Crippen LogP contribution < -0.4 is 0 Å². The summed E-state index contributed by atoms with van der Waals surface area (Å²) in [5, 5.41) is 9.69. The van der Waals surface area contributed by atoms with Gasteiger partial charge >= 0.3 is 0 Å². The molecular weight excluding hydrogens is 520 g/mol. The van der Waals surface area contributed by atoms with Crippen LogP contribution in [0, 0.1) is 0 Å². The number of rotatable bonds is 3. The lowest BCUT2D eigenvalue weighted by molar-refractivity contribution is 0.670. The van der Waals surface area contributed by atoms with Gasteiger partial charge in [0.1, 0.15) is 11.2 Å². The molecular formula is C42H26O. The fraction of sp³-hybridized carbons (Fsp3) is 0. The molecule has 0 fully saturated rings. The zero-order valence-corrected chi connectivity index (χ0v) is 23.4. The molecule has 9 rings (SSSR count). The second-order valence-corrected chi connectivity index (χ2v) is 11.3. The number of para-hydroxylation sites is 1. The molecule has 1 aromatic heterocycles. The Labute approximate surface area is 249 Å². The molecule has 0 aliphatic heterocycles. The lowest BCUT2D eigenvalue weighted by atomic mass is 9.87. The van der Waals surface area contributed by atoms with Crippen LogP contribution in [0.2, 0.25) is 0 Å². The summed E-state index contributed by atoms with van der Waals surface area (Å²) < 4.78 is 6.75. The Kier molecular flexibility index (Phi) is 5.27. The van der Waals surface area contributed by atoms with Crippen LogP contribution in [-0.2, 0) is 0 Å². The van der Waals surface area contributed by atoms with Crippen LogP contribution in [0.1, 0.15) is 0 Å². The molecule has 0 bridgehead atoms. The third-order valence-electron chi connectivity index (χ3n) is 8.83. The maximum absolute atomic E-state index is 6.75. The van der Waals surface area contributed by atoms with Crippen molar-refractivity contribution in [3.05, 3.63) is 158 Å². The number of hydrogen-bond acceptors (Lipinski definition) is 1. The molecule has 0 spiro atoms. The molecule has 0 amide bonds. The summed E-state index contributed by atoms with van der Waals surface area (Å²) in [6, 6.07) is 56.7. The standard InChI is InChI=1S/C42H26O/c1-3-11-31-25-33(23-19-27(31)9-1)29-17-21-30(22-18-29)39-35-13-5-6-14-36(35)40(34-24-20-28-10-2-4-12-32(28)26-34)42-41(39)37-15-7-8-16-38(37)43-42/h1-26H. The molecule has 1 heteroatoms. The van der Waals surface area contributed by atoms with Gasteiger partial charge in [0.2, 0.25) is 0 Å². The minimum absolute atomic E-state index is 0.906. The number of furan rings is 1. The maximum Gasteiger partial charge on any atom is 0.144 e. The van der Waals surface area contributed by atoms with Crippen LogP contribution >= 0.6 is 0 Å². The van der Waals surface area contributed by atoms with E-state index in [2.05, 4.69) is 158 Å². The van der Waals surface area contributed by atoms with Gasteiger partial charge in [0.15, 0.2) is 0 Å². The zero-order chi connectivity index (χ0) is 28.3. The average Bonchev–Trinajstić information content (AvgIpc) is 3.46. The number of hydrogen-bond donors (Lipinski definition) is 0. The highest BCUT2D eigenvalue weighted by molar-refractivity contribution is 6.26. The topological polar surface area (TPSA) is 13.1 Å². The Balaban J connectivity index is 1.31. The lowest BCUT2D eigenvalue weighted by Crippen LogP contribution is -1.89. The Morgan fingerprint density at radius 2 is 0.814 bits per heavy atom. The fourth-order valence-electron chi connectivity index (χ4n) is 6.78. The average molecular weight is 547 g/mol. The molecule has 9 aromatic rings. The van der Waals surface area contributed by atoms with Gasteiger partial charge in [-0.25, -0.2) is 0 Å². The fourth-order valence-corrected chi connectivity index (χ4v) is 6.78. The van der Waals surface area contributed by atoms with Crippen molar-refractivity contribution < 1.29 is 4.42 Å². The van der Waals surface area contributed by atoms with Crippen LogP contribution in [0.15, 0.2) is 162 Å². The van der Waals surface area contributed by atoms with Crippen molar-refractivity contribution in [2.75, 3.05) is 0 Å². The molecule has 1 nitrogen and oxygen atoms in total. The Hall–Kier alpha value is -5.66. The van der Waals surface area contributed by atoms with Crippen LogP contribution in [0.5, 0.6) is 0 Å². The SMILES string of the molecule is c1ccc2cc(-c3ccc(-c4c5ccccc5c(-c5ccc6ccccc6c5)c5oc6ccccc6c45)cc3)ccc2c1. The summed E-state index contributed by atoms with van der Waals surface area (Å²) in [7, 11) is 0. The van der Waals surface area contributed by atoms with Crippen molar-refractivity contribution in [3.8, 4) is 33.4 Å². The molecule has 0 unspecified atom stereocenters. The first-order valence-corrected chi connectivity index (χ1v) is 14.8. The third-order valence-corrected chi connectivity index (χ3v) is 8.83. The summed E-state index contributed by atoms with van der Waals surface area (Å²) in [4.78, 5) is 0. The Morgan fingerprint density at radius 1 is 0.326 bits per heavy atom. The zero-order valence-electron chi connectivity index (χ0n) is 23.4. The molecule has 200 valence electrons. The van der Waals surface area contributed by atoms with E-state index in [1.165, 1.54) is 54.6 Å². The van der Waals surface area contributed by atoms with Gasteiger partial charge in [0.05, 0.1) is 0 Å². The van der Waals surface area contributed by atoms with E-state index in [0.717, 1.165) is 33.1 Å². The van der Waals surface area contributed by atoms with Gasteiger partial charge in [-0.1, -0.05) is 140 Å². The highest BCUT2D eigenvalue weighted by Crippen LogP contribution is 2.48. The van der Waals surface area contributed by atoms with E-state index in [1.54, 1.807) is 0 Å². The maximum atomic E-state index is 6.75. The van der Waals surface area contributed by atoms with Crippen molar-refractivity contribution in [1.29, 1.82) is 0 Å². The van der Waals surface area contributed by atoms with E-state index in [4.69, 9.17) is 4.42 Å². The molecule has 0 radical (unpaired) electrons. The minimum atomic E-state index is 0.906. The summed E-state index contributed by atoms with van der Waals surface area (Å²) in [5.41, 5.74) is 8.97. The van der Waals surface area contributed by atoms with E-state index >= 15 is 0 Å². The van der Waals surface area contributed by atoms with Crippen LogP contribution in [0.4, 0.5) is 0 Å².